The van der Waals surface area contributed by atoms with E-state index in [9.17, 15) is 22.4 Å². The fourth-order valence-corrected chi connectivity index (χ4v) is 3.24. The Labute approximate surface area is 141 Å². The van der Waals surface area contributed by atoms with Gasteiger partial charge >= 0.3 is 5.97 Å². The summed E-state index contributed by atoms with van der Waals surface area (Å²) in [4.78, 5) is 23.0. The maximum Gasteiger partial charge on any atom is 0.307 e. The summed E-state index contributed by atoms with van der Waals surface area (Å²) in [6, 6.07) is 4.33. The highest BCUT2D eigenvalue weighted by molar-refractivity contribution is 7.91. The first-order valence-corrected chi connectivity index (χ1v) is 9.33. The normalized spacial score (nSPS) is 12.5. The lowest BCUT2D eigenvalue weighted by Crippen LogP contribution is -2.35. The van der Waals surface area contributed by atoms with Crippen LogP contribution in [0.4, 0.5) is 4.39 Å². The van der Waals surface area contributed by atoms with Crippen LogP contribution in [0.3, 0.4) is 0 Å². The van der Waals surface area contributed by atoms with Crippen LogP contribution in [0.2, 0.25) is 0 Å². The van der Waals surface area contributed by atoms with Crippen molar-refractivity contribution in [2.45, 2.75) is 44.0 Å². The van der Waals surface area contributed by atoms with Crippen molar-refractivity contribution >= 4 is 21.7 Å². The van der Waals surface area contributed by atoms with Crippen LogP contribution in [0.5, 0.6) is 0 Å². The number of ether oxygens (including phenoxy) is 1. The summed E-state index contributed by atoms with van der Waals surface area (Å²) < 4.78 is 41.5. The van der Waals surface area contributed by atoms with E-state index in [0.29, 0.717) is 0 Å². The minimum absolute atomic E-state index is 0.0138. The average Bonchev–Trinajstić information content (AvgIpc) is 2.51. The van der Waals surface area contributed by atoms with Gasteiger partial charge in [0.15, 0.2) is 16.4 Å². The van der Waals surface area contributed by atoms with Crippen LogP contribution in [0.1, 0.15) is 33.1 Å². The molecule has 24 heavy (non-hydrogen) atoms. The predicted octanol–water partition coefficient (Wildman–Crippen LogP) is 1.84. The zero-order valence-corrected chi connectivity index (χ0v) is 14.6. The molecule has 0 saturated carbocycles. The van der Waals surface area contributed by atoms with Crippen molar-refractivity contribution in [3.05, 3.63) is 30.1 Å². The number of carbonyl (C=O) groups is 2. The Morgan fingerprint density at radius 3 is 2.46 bits per heavy atom. The highest BCUT2D eigenvalue weighted by Crippen LogP contribution is 2.13. The molecule has 1 amide bonds. The van der Waals surface area contributed by atoms with Gasteiger partial charge in [0.2, 0.25) is 0 Å². The van der Waals surface area contributed by atoms with Crippen molar-refractivity contribution in [1.82, 2.24) is 5.32 Å². The Balaban J connectivity index is 2.40. The van der Waals surface area contributed by atoms with E-state index >= 15 is 0 Å². The first kappa shape index (κ1) is 20.1. The average molecular weight is 359 g/mol. The first-order valence-electron chi connectivity index (χ1n) is 7.68. The zero-order chi connectivity index (χ0) is 18.2. The van der Waals surface area contributed by atoms with Crippen molar-refractivity contribution in [3.63, 3.8) is 0 Å². The van der Waals surface area contributed by atoms with Crippen LogP contribution in [0.25, 0.3) is 0 Å². The first-order chi connectivity index (χ1) is 11.2. The predicted molar refractivity (Wildman–Crippen MR) is 86.5 cm³/mol. The minimum atomic E-state index is -3.71. The lowest BCUT2D eigenvalue weighted by Gasteiger charge is -2.12. The van der Waals surface area contributed by atoms with Crippen molar-refractivity contribution in [2.24, 2.45) is 0 Å². The molecular weight excluding hydrogens is 337 g/mol. The fraction of sp³-hybridized carbons (Fsp3) is 0.500. The molecule has 1 atom stereocenters. The van der Waals surface area contributed by atoms with E-state index in [1.54, 1.807) is 0 Å². The molecule has 0 aliphatic heterocycles. The maximum absolute atomic E-state index is 12.8. The molecule has 0 spiro atoms. The summed E-state index contributed by atoms with van der Waals surface area (Å²) in [7, 11) is -3.71. The smallest absolute Gasteiger partial charge is 0.307 e. The van der Waals surface area contributed by atoms with Crippen molar-refractivity contribution < 1.29 is 27.1 Å². The topological polar surface area (TPSA) is 89.5 Å². The molecule has 134 valence electrons. The summed E-state index contributed by atoms with van der Waals surface area (Å²) >= 11 is 0. The second-order valence-electron chi connectivity index (χ2n) is 5.44. The Kier molecular flexibility index (Phi) is 7.84. The van der Waals surface area contributed by atoms with Gasteiger partial charge in [-0.25, -0.2) is 12.8 Å². The third-order valence-electron chi connectivity index (χ3n) is 3.24. The quantitative estimate of drug-likeness (QED) is 0.537. The van der Waals surface area contributed by atoms with Crippen LogP contribution in [0, 0.1) is 5.82 Å². The molecule has 0 bridgehead atoms. The van der Waals surface area contributed by atoms with Gasteiger partial charge < -0.3 is 10.1 Å². The molecule has 1 aromatic carbocycles. The van der Waals surface area contributed by atoms with Crippen LogP contribution in [0.15, 0.2) is 29.2 Å². The number of benzene rings is 1. The summed E-state index contributed by atoms with van der Waals surface area (Å²) in [6.07, 6.45) is 1.36. The van der Waals surface area contributed by atoms with E-state index in [2.05, 4.69) is 5.32 Å². The summed E-state index contributed by atoms with van der Waals surface area (Å²) in [5, 5.41) is 2.67. The number of amides is 1. The molecule has 0 radical (unpaired) electrons. The van der Waals surface area contributed by atoms with Crippen LogP contribution >= 0.6 is 0 Å². The molecule has 1 aromatic rings. The molecule has 0 unspecified atom stereocenters. The standard InChI is InChI=1S/C16H22FNO5S/c1-3-4-12(2)18-15(19)11-23-16(20)9-10-24(21,22)14-7-5-13(17)6-8-14/h5-8,12H,3-4,9-11H2,1-2H3,(H,18,19)/t12-/m0/s1. The van der Waals surface area contributed by atoms with Crippen molar-refractivity contribution in [2.75, 3.05) is 12.4 Å². The van der Waals surface area contributed by atoms with E-state index in [-0.39, 0.29) is 17.4 Å². The highest BCUT2D eigenvalue weighted by atomic mass is 32.2. The number of hydrogen-bond acceptors (Lipinski definition) is 5. The van der Waals surface area contributed by atoms with Gasteiger partial charge in [0.05, 0.1) is 17.1 Å². The van der Waals surface area contributed by atoms with E-state index in [1.807, 2.05) is 13.8 Å². The molecule has 8 heteroatoms. The van der Waals surface area contributed by atoms with Gasteiger partial charge in [-0.3, -0.25) is 9.59 Å². The van der Waals surface area contributed by atoms with Crippen molar-refractivity contribution in [3.8, 4) is 0 Å². The van der Waals surface area contributed by atoms with Gasteiger partial charge in [0.25, 0.3) is 5.91 Å². The fourth-order valence-electron chi connectivity index (χ4n) is 2.02. The lowest BCUT2D eigenvalue weighted by molar-refractivity contribution is -0.148. The number of sulfone groups is 1. The third-order valence-corrected chi connectivity index (χ3v) is 4.97. The number of rotatable bonds is 9. The second kappa shape index (κ2) is 9.36. The summed E-state index contributed by atoms with van der Waals surface area (Å²) in [5.41, 5.74) is 0. The molecule has 1 N–H and O–H groups in total. The van der Waals surface area contributed by atoms with Gasteiger partial charge in [0, 0.05) is 6.04 Å². The molecule has 0 aliphatic carbocycles. The molecule has 0 heterocycles. The Hall–Kier alpha value is -1.96. The van der Waals surface area contributed by atoms with E-state index in [0.717, 1.165) is 37.1 Å². The van der Waals surface area contributed by atoms with Crippen LogP contribution in [-0.4, -0.2) is 38.7 Å². The molecule has 0 fully saturated rings. The largest absolute Gasteiger partial charge is 0.456 e. The van der Waals surface area contributed by atoms with Gasteiger partial charge in [-0.1, -0.05) is 13.3 Å². The molecule has 0 aromatic heterocycles. The highest BCUT2D eigenvalue weighted by Gasteiger charge is 2.18. The van der Waals surface area contributed by atoms with Gasteiger partial charge in [-0.15, -0.1) is 0 Å². The molecule has 0 saturated heterocycles. The Bertz CT molecular complexity index is 658. The molecule has 1 rings (SSSR count). The number of hydrogen-bond donors (Lipinski definition) is 1. The third kappa shape index (κ3) is 7.08. The van der Waals surface area contributed by atoms with Crippen LogP contribution < -0.4 is 5.32 Å². The Morgan fingerprint density at radius 1 is 1.25 bits per heavy atom. The summed E-state index contributed by atoms with van der Waals surface area (Å²) in [5.74, 6) is -2.22. The van der Waals surface area contributed by atoms with Gasteiger partial charge in [-0.05, 0) is 37.6 Å². The minimum Gasteiger partial charge on any atom is -0.456 e. The number of carbonyl (C=O) groups excluding carboxylic acids is 2. The molecule has 6 nitrogen and oxygen atoms in total. The molecular formula is C16H22FNO5S. The lowest BCUT2D eigenvalue weighted by atomic mass is 10.2. The maximum atomic E-state index is 12.8. The van der Waals surface area contributed by atoms with Crippen molar-refractivity contribution in [1.29, 1.82) is 0 Å². The Morgan fingerprint density at radius 2 is 1.88 bits per heavy atom. The van der Waals surface area contributed by atoms with Gasteiger partial charge in [-0.2, -0.15) is 0 Å². The second-order valence-corrected chi connectivity index (χ2v) is 7.55. The van der Waals surface area contributed by atoms with Gasteiger partial charge in [0.1, 0.15) is 5.82 Å². The zero-order valence-electron chi connectivity index (χ0n) is 13.7. The SMILES string of the molecule is CCC[C@H](C)NC(=O)COC(=O)CCS(=O)(=O)c1ccc(F)cc1. The van der Waals surface area contributed by atoms with E-state index in [1.165, 1.54) is 0 Å². The monoisotopic (exact) mass is 359 g/mol. The molecule has 0 aliphatic rings. The number of esters is 1. The number of halogens is 1. The van der Waals surface area contributed by atoms with Crippen LogP contribution in [-0.2, 0) is 24.2 Å². The van der Waals surface area contributed by atoms with E-state index in [4.69, 9.17) is 4.74 Å². The number of nitrogens with one attached hydrogen (secondary N) is 1. The van der Waals surface area contributed by atoms with E-state index < -0.39 is 39.9 Å². The summed E-state index contributed by atoms with van der Waals surface area (Å²) in [6.45, 7) is 3.40.